The molecule has 17 heavy (non-hydrogen) atoms. The molecule has 1 aliphatic heterocycles. The van der Waals surface area contributed by atoms with Crippen molar-refractivity contribution in [3.05, 3.63) is 35.9 Å². The quantitative estimate of drug-likeness (QED) is 0.864. The van der Waals surface area contributed by atoms with Crippen LogP contribution in [0.3, 0.4) is 0 Å². The van der Waals surface area contributed by atoms with E-state index in [4.69, 9.17) is 0 Å². The SMILES string of the molecule is OCC(c1ccccc1)N1CC[C@H]2CCC[C@H]21. The van der Waals surface area contributed by atoms with Gasteiger partial charge in [0.25, 0.3) is 0 Å². The van der Waals surface area contributed by atoms with Crippen molar-refractivity contribution in [3.8, 4) is 0 Å². The Morgan fingerprint density at radius 2 is 2.00 bits per heavy atom. The van der Waals surface area contributed by atoms with Crippen LogP contribution in [0.15, 0.2) is 30.3 Å². The second-order valence-corrected chi connectivity index (χ2v) is 5.39. The van der Waals surface area contributed by atoms with E-state index in [0.717, 1.165) is 18.5 Å². The topological polar surface area (TPSA) is 23.5 Å². The lowest BCUT2D eigenvalue weighted by Crippen LogP contribution is -2.35. The predicted molar refractivity (Wildman–Crippen MR) is 68.7 cm³/mol. The molecule has 0 radical (unpaired) electrons. The third kappa shape index (κ3) is 2.00. The summed E-state index contributed by atoms with van der Waals surface area (Å²) in [7, 11) is 0. The van der Waals surface area contributed by atoms with Gasteiger partial charge in [-0.05, 0) is 37.3 Å². The molecule has 1 N–H and O–H groups in total. The van der Waals surface area contributed by atoms with E-state index >= 15 is 0 Å². The first-order valence-corrected chi connectivity index (χ1v) is 6.81. The van der Waals surface area contributed by atoms with Gasteiger partial charge in [0, 0.05) is 6.04 Å². The second-order valence-electron chi connectivity index (χ2n) is 5.39. The Hall–Kier alpha value is -0.860. The summed E-state index contributed by atoms with van der Waals surface area (Å²) in [5.74, 6) is 0.896. The molecule has 0 spiro atoms. The Morgan fingerprint density at radius 1 is 1.18 bits per heavy atom. The predicted octanol–water partition coefficient (Wildman–Crippen LogP) is 2.59. The zero-order valence-corrected chi connectivity index (χ0v) is 10.3. The highest BCUT2D eigenvalue weighted by Gasteiger charge is 2.40. The van der Waals surface area contributed by atoms with Crippen molar-refractivity contribution in [3.63, 3.8) is 0 Å². The van der Waals surface area contributed by atoms with Gasteiger partial charge in [0.15, 0.2) is 0 Å². The Balaban J connectivity index is 1.82. The fraction of sp³-hybridized carbons (Fsp3) is 0.600. The molecule has 2 nitrogen and oxygen atoms in total. The summed E-state index contributed by atoms with van der Waals surface area (Å²) in [6, 6.07) is 11.4. The largest absolute Gasteiger partial charge is 0.394 e. The summed E-state index contributed by atoms with van der Waals surface area (Å²) in [5.41, 5.74) is 1.27. The molecule has 2 fully saturated rings. The van der Waals surface area contributed by atoms with Gasteiger partial charge in [0.2, 0.25) is 0 Å². The maximum atomic E-state index is 9.72. The van der Waals surface area contributed by atoms with Crippen molar-refractivity contribution in [1.82, 2.24) is 4.90 Å². The van der Waals surface area contributed by atoms with E-state index in [1.807, 2.05) is 6.07 Å². The van der Waals surface area contributed by atoms with Crippen LogP contribution in [0.4, 0.5) is 0 Å². The number of likely N-dealkylation sites (tertiary alicyclic amines) is 1. The van der Waals surface area contributed by atoms with Crippen molar-refractivity contribution in [2.24, 2.45) is 5.92 Å². The molecular weight excluding hydrogens is 210 g/mol. The number of aliphatic hydroxyl groups is 1. The lowest BCUT2D eigenvalue weighted by molar-refractivity contribution is 0.107. The van der Waals surface area contributed by atoms with Gasteiger partial charge in [-0.1, -0.05) is 36.8 Å². The molecule has 1 aromatic rings. The van der Waals surface area contributed by atoms with Crippen LogP contribution in [-0.2, 0) is 0 Å². The Labute approximate surface area is 103 Å². The minimum atomic E-state index is 0.212. The molecular formula is C15H21NO. The molecule has 0 aromatic heterocycles. The van der Waals surface area contributed by atoms with Gasteiger partial charge in [-0.15, -0.1) is 0 Å². The minimum Gasteiger partial charge on any atom is -0.394 e. The summed E-state index contributed by atoms with van der Waals surface area (Å²) < 4.78 is 0. The van der Waals surface area contributed by atoms with Crippen molar-refractivity contribution in [2.75, 3.05) is 13.2 Å². The van der Waals surface area contributed by atoms with E-state index in [-0.39, 0.29) is 12.6 Å². The molecule has 2 aliphatic rings. The molecule has 1 aromatic carbocycles. The van der Waals surface area contributed by atoms with Crippen LogP contribution in [0.25, 0.3) is 0 Å². The molecule has 1 aliphatic carbocycles. The fourth-order valence-electron chi connectivity index (χ4n) is 3.74. The van der Waals surface area contributed by atoms with Crippen LogP contribution in [0.2, 0.25) is 0 Å². The number of fused-ring (bicyclic) bond motifs is 1. The Morgan fingerprint density at radius 3 is 2.76 bits per heavy atom. The highest BCUT2D eigenvalue weighted by atomic mass is 16.3. The van der Waals surface area contributed by atoms with Gasteiger partial charge < -0.3 is 5.11 Å². The van der Waals surface area contributed by atoms with Crippen LogP contribution >= 0.6 is 0 Å². The number of nitrogens with zero attached hydrogens (tertiary/aromatic N) is 1. The average molecular weight is 231 g/mol. The monoisotopic (exact) mass is 231 g/mol. The van der Waals surface area contributed by atoms with E-state index in [9.17, 15) is 5.11 Å². The van der Waals surface area contributed by atoms with Crippen molar-refractivity contribution < 1.29 is 5.11 Å². The molecule has 2 heteroatoms. The smallest absolute Gasteiger partial charge is 0.0628 e. The molecule has 1 saturated carbocycles. The first-order chi connectivity index (χ1) is 8.40. The third-order valence-electron chi connectivity index (χ3n) is 4.56. The highest BCUT2D eigenvalue weighted by Crippen LogP contribution is 2.41. The zero-order valence-electron chi connectivity index (χ0n) is 10.3. The Bertz CT molecular complexity index is 364. The van der Waals surface area contributed by atoms with Gasteiger partial charge in [-0.3, -0.25) is 4.90 Å². The standard InChI is InChI=1S/C15H21NO/c17-11-15(12-5-2-1-3-6-12)16-10-9-13-7-4-8-14(13)16/h1-3,5-6,13-15,17H,4,7-11H2/t13-,14-,15?/m1/s1. The highest BCUT2D eigenvalue weighted by molar-refractivity contribution is 5.20. The molecule has 92 valence electrons. The second kappa shape index (κ2) is 4.79. The lowest BCUT2D eigenvalue weighted by Gasteiger charge is -2.32. The minimum absolute atomic E-state index is 0.212. The zero-order chi connectivity index (χ0) is 11.7. The van der Waals surface area contributed by atoms with Gasteiger partial charge in [0.05, 0.1) is 12.6 Å². The van der Waals surface area contributed by atoms with E-state index in [1.54, 1.807) is 0 Å². The van der Waals surface area contributed by atoms with E-state index in [2.05, 4.69) is 29.2 Å². The normalized spacial score (nSPS) is 30.4. The van der Waals surface area contributed by atoms with E-state index in [0.29, 0.717) is 0 Å². The Kier molecular flexibility index (Phi) is 3.17. The molecule has 3 atom stereocenters. The van der Waals surface area contributed by atoms with Gasteiger partial charge in [0.1, 0.15) is 0 Å². The van der Waals surface area contributed by atoms with Crippen molar-refractivity contribution in [2.45, 2.75) is 37.8 Å². The van der Waals surface area contributed by atoms with Crippen LogP contribution < -0.4 is 0 Å². The first-order valence-electron chi connectivity index (χ1n) is 6.81. The van der Waals surface area contributed by atoms with Crippen LogP contribution in [0.1, 0.15) is 37.3 Å². The third-order valence-corrected chi connectivity index (χ3v) is 4.56. The van der Waals surface area contributed by atoms with Crippen molar-refractivity contribution in [1.29, 1.82) is 0 Å². The maximum Gasteiger partial charge on any atom is 0.0628 e. The summed E-state index contributed by atoms with van der Waals surface area (Å²) >= 11 is 0. The molecule has 1 heterocycles. The molecule has 0 bridgehead atoms. The maximum absolute atomic E-state index is 9.72. The van der Waals surface area contributed by atoms with Crippen LogP contribution in [0, 0.1) is 5.92 Å². The fourth-order valence-corrected chi connectivity index (χ4v) is 3.74. The van der Waals surface area contributed by atoms with Crippen molar-refractivity contribution >= 4 is 0 Å². The lowest BCUT2D eigenvalue weighted by atomic mass is 10.0. The summed E-state index contributed by atoms with van der Waals surface area (Å²) in [6.45, 7) is 1.41. The van der Waals surface area contributed by atoms with Crippen LogP contribution in [-0.4, -0.2) is 29.2 Å². The van der Waals surface area contributed by atoms with E-state index < -0.39 is 0 Å². The molecule has 1 saturated heterocycles. The van der Waals surface area contributed by atoms with E-state index in [1.165, 1.54) is 31.2 Å². The summed E-state index contributed by atoms with van der Waals surface area (Å²) in [6.07, 6.45) is 5.43. The number of rotatable bonds is 3. The molecule has 1 unspecified atom stereocenters. The average Bonchev–Trinajstić information content (AvgIpc) is 2.96. The van der Waals surface area contributed by atoms with Gasteiger partial charge in [-0.25, -0.2) is 0 Å². The molecule has 3 rings (SSSR count). The number of hydrogen-bond acceptors (Lipinski definition) is 2. The molecule has 0 amide bonds. The number of aliphatic hydroxyl groups excluding tert-OH is 1. The van der Waals surface area contributed by atoms with Gasteiger partial charge in [-0.2, -0.15) is 0 Å². The van der Waals surface area contributed by atoms with Crippen LogP contribution in [0.5, 0.6) is 0 Å². The first kappa shape index (κ1) is 11.2. The summed E-state index contributed by atoms with van der Waals surface area (Å²) in [4.78, 5) is 2.55. The summed E-state index contributed by atoms with van der Waals surface area (Å²) in [5, 5.41) is 9.72. The number of hydrogen-bond donors (Lipinski definition) is 1. The number of benzene rings is 1. The van der Waals surface area contributed by atoms with Gasteiger partial charge >= 0.3 is 0 Å².